The minimum absolute atomic E-state index is 0.446. The van der Waals surface area contributed by atoms with E-state index < -0.39 is 0 Å². The van der Waals surface area contributed by atoms with E-state index in [1.54, 1.807) is 0 Å². The maximum atomic E-state index is 5.40. The van der Waals surface area contributed by atoms with Gasteiger partial charge in [0.15, 0.2) is 0 Å². The Morgan fingerprint density at radius 2 is 1.76 bits per heavy atom. The molecule has 1 saturated heterocycles. The molecule has 1 spiro atoms. The molecule has 1 aliphatic heterocycles. The lowest BCUT2D eigenvalue weighted by Crippen LogP contribution is -2.67. The zero-order valence-corrected chi connectivity index (χ0v) is 13.9. The Labute approximate surface area is 130 Å². The summed E-state index contributed by atoms with van der Waals surface area (Å²) in [5, 5.41) is 3.97. The summed E-state index contributed by atoms with van der Waals surface area (Å²) in [4.78, 5) is 2.81. The molecule has 3 fully saturated rings. The van der Waals surface area contributed by atoms with E-state index in [1.807, 2.05) is 7.11 Å². The average molecular weight is 294 g/mol. The number of rotatable bonds is 4. The van der Waals surface area contributed by atoms with E-state index in [0.29, 0.717) is 5.54 Å². The Balaban J connectivity index is 1.64. The van der Waals surface area contributed by atoms with E-state index in [2.05, 4.69) is 10.2 Å². The lowest BCUT2D eigenvalue weighted by atomic mass is 9.76. The molecule has 1 atom stereocenters. The van der Waals surface area contributed by atoms with Gasteiger partial charge in [-0.3, -0.25) is 4.90 Å². The summed E-state index contributed by atoms with van der Waals surface area (Å²) in [6.45, 7) is 4.49. The Morgan fingerprint density at radius 3 is 2.48 bits per heavy atom. The number of hydrogen-bond acceptors (Lipinski definition) is 3. The fraction of sp³-hybridized carbons (Fsp3) is 1.00. The van der Waals surface area contributed by atoms with Crippen LogP contribution in [-0.4, -0.2) is 49.8 Å². The quantitative estimate of drug-likeness (QED) is 0.862. The summed E-state index contributed by atoms with van der Waals surface area (Å²) < 4.78 is 5.40. The number of nitrogens with zero attached hydrogens (tertiary/aromatic N) is 1. The maximum absolute atomic E-state index is 5.40. The van der Waals surface area contributed by atoms with Gasteiger partial charge in [0, 0.05) is 38.3 Å². The second-order valence-electron chi connectivity index (χ2n) is 7.61. The lowest BCUT2D eigenvalue weighted by molar-refractivity contribution is -0.0173. The highest BCUT2D eigenvalue weighted by Crippen LogP contribution is 2.37. The lowest BCUT2D eigenvalue weighted by Gasteiger charge is -2.53. The minimum Gasteiger partial charge on any atom is -0.383 e. The van der Waals surface area contributed by atoms with Crippen LogP contribution in [0, 0.1) is 5.92 Å². The van der Waals surface area contributed by atoms with E-state index in [1.165, 1.54) is 77.3 Å². The third-order valence-corrected chi connectivity index (χ3v) is 6.35. The Kier molecular flexibility index (Phi) is 5.58. The minimum atomic E-state index is 0.446. The standard InChI is InChI=1S/C18H34N2O/c1-21-13-12-20-14-17(16-8-4-2-5-9-16)19-15-18(20)10-6-3-7-11-18/h16-17,19H,2-15H2,1H3. The molecule has 0 aromatic rings. The SMILES string of the molecule is COCCN1CC(C2CCCCC2)NCC12CCCCC2. The second kappa shape index (κ2) is 7.43. The van der Waals surface area contributed by atoms with Crippen LogP contribution in [0.15, 0.2) is 0 Å². The van der Waals surface area contributed by atoms with Crippen LogP contribution >= 0.6 is 0 Å². The number of methoxy groups -OCH3 is 1. The van der Waals surface area contributed by atoms with Gasteiger partial charge in [0.1, 0.15) is 0 Å². The third-order valence-electron chi connectivity index (χ3n) is 6.35. The Bertz CT molecular complexity index is 308. The van der Waals surface area contributed by atoms with Gasteiger partial charge in [-0.1, -0.05) is 38.5 Å². The first-order chi connectivity index (χ1) is 10.3. The van der Waals surface area contributed by atoms with Crippen molar-refractivity contribution >= 4 is 0 Å². The van der Waals surface area contributed by atoms with Gasteiger partial charge in [-0.15, -0.1) is 0 Å². The summed E-state index contributed by atoms with van der Waals surface area (Å²) in [6, 6.07) is 0.731. The largest absolute Gasteiger partial charge is 0.383 e. The first-order valence-corrected chi connectivity index (χ1v) is 9.31. The van der Waals surface area contributed by atoms with Crippen molar-refractivity contribution in [1.82, 2.24) is 10.2 Å². The molecule has 0 radical (unpaired) electrons. The van der Waals surface area contributed by atoms with Crippen LogP contribution < -0.4 is 5.32 Å². The highest BCUT2D eigenvalue weighted by molar-refractivity contribution is 5.01. The molecule has 21 heavy (non-hydrogen) atoms. The van der Waals surface area contributed by atoms with Crippen LogP contribution in [0.5, 0.6) is 0 Å². The van der Waals surface area contributed by atoms with Gasteiger partial charge in [-0.25, -0.2) is 0 Å². The summed E-state index contributed by atoms with van der Waals surface area (Å²) in [5.41, 5.74) is 0.446. The van der Waals surface area contributed by atoms with Crippen molar-refractivity contribution in [2.45, 2.75) is 75.8 Å². The number of piperazine rings is 1. The van der Waals surface area contributed by atoms with Crippen LogP contribution in [0.2, 0.25) is 0 Å². The molecule has 122 valence electrons. The van der Waals surface area contributed by atoms with Crippen molar-refractivity contribution < 1.29 is 4.74 Å². The van der Waals surface area contributed by atoms with Crippen LogP contribution in [0.25, 0.3) is 0 Å². The van der Waals surface area contributed by atoms with E-state index in [9.17, 15) is 0 Å². The van der Waals surface area contributed by atoms with E-state index >= 15 is 0 Å². The summed E-state index contributed by atoms with van der Waals surface area (Å²) in [6.07, 6.45) is 14.3. The van der Waals surface area contributed by atoms with E-state index in [-0.39, 0.29) is 0 Å². The molecular weight excluding hydrogens is 260 g/mol. The van der Waals surface area contributed by atoms with Crippen molar-refractivity contribution in [3.63, 3.8) is 0 Å². The van der Waals surface area contributed by atoms with E-state index in [0.717, 1.165) is 25.1 Å². The fourth-order valence-corrected chi connectivity index (χ4v) is 5.01. The first-order valence-electron chi connectivity index (χ1n) is 9.31. The van der Waals surface area contributed by atoms with Gasteiger partial charge in [-0.2, -0.15) is 0 Å². The second-order valence-corrected chi connectivity index (χ2v) is 7.61. The molecule has 1 N–H and O–H groups in total. The van der Waals surface area contributed by atoms with Gasteiger partial charge < -0.3 is 10.1 Å². The summed E-state index contributed by atoms with van der Waals surface area (Å²) in [7, 11) is 1.84. The van der Waals surface area contributed by atoms with Crippen molar-refractivity contribution in [3.8, 4) is 0 Å². The molecule has 2 aliphatic carbocycles. The highest BCUT2D eigenvalue weighted by Gasteiger charge is 2.43. The molecule has 1 unspecified atom stereocenters. The Morgan fingerprint density at radius 1 is 1.05 bits per heavy atom. The maximum Gasteiger partial charge on any atom is 0.0589 e. The molecule has 3 heteroatoms. The van der Waals surface area contributed by atoms with Gasteiger partial charge in [0.2, 0.25) is 0 Å². The van der Waals surface area contributed by atoms with Crippen molar-refractivity contribution in [3.05, 3.63) is 0 Å². The molecule has 3 nitrogen and oxygen atoms in total. The van der Waals surface area contributed by atoms with E-state index in [4.69, 9.17) is 4.74 Å². The molecule has 2 saturated carbocycles. The monoisotopic (exact) mass is 294 g/mol. The van der Waals surface area contributed by atoms with Gasteiger partial charge in [0.05, 0.1) is 6.61 Å². The zero-order chi connectivity index (χ0) is 14.5. The Hall–Kier alpha value is -0.120. The number of hydrogen-bond donors (Lipinski definition) is 1. The molecule has 0 aromatic heterocycles. The van der Waals surface area contributed by atoms with Crippen LogP contribution in [-0.2, 0) is 4.74 Å². The molecule has 0 aromatic carbocycles. The predicted octanol–water partition coefficient (Wildman–Crippen LogP) is 3.19. The zero-order valence-electron chi connectivity index (χ0n) is 13.9. The number of ether oxygens (including phenoxy) is 1. The van der Waals surface area contributed by atoms with Crippen LogP contribution in [0.1, 0.15) is 64.2 Å². The highest BCUT2D eigenvalue weighted by atomic mass is 16.5. The summed E-state index contributed by atoms with van der Waals surface area (Å²) in [5.74, 6) is 0.921. The topological polar surface area (TPSA) is 24.5 Å². The summed E-state index contributed by atoms with van der Waals surface area (Å²) >= 11 is 0. The van der Waals surface area contributed by atoms with Crippen molar-refractivity contribution in [2.24, 2.45) is 5.92 Å². The molecule has 0 bridgehead atoms. The van der Waals surface area contributed by atoms with Crippen molar-refractivity contribution in [2.75, 3.05) is 33.4 Å². The predicted molar refractivity (Wildman–Crippen MR) is 87.6 cm³/mol. The average Bonchev–Trinajstić information content (AvgIpc) is 2.56. The molecule has 3 rings (SSSR count). The van der Waals surface area contributed by atoms with Crippen molar-refractivity contribution in [1.29, 1.82) is 0 Å². The molecular formula is C18H34N2O. The number of nitrogens with one attached hydrogen (secondary N) is 1. The van der Waals surface area contributed by atoms with Crippen LogP contribution in [0.4, 0.5) is 0 Å². The third kappa shape index (κ3) is 3.62. The normalized spacial score (nSPS) is 31.6. The van der Waals surface area contributed by atoms with Gasteiger partial charge in [-0.05, 0) is 31.6 Å². The van der Waals surface area contributed by atoms with Gasteiger partial charge in [0.25, 0.3) is 0 Å². The molecule has 0 amide bonds. The first kappa shape index (κ1) is 15.8. The fourth-order valence-electron chi connectivity index (χ4n) is 5.01. The molecule has 1 heterocycles. The smallest absolute Gasteiger partial charge is 0.0589 e. The molecule has 3 aliphatic rings. The van der Waals surface area contributed by atoms with Gasteiger partial charge >= 0.3 is 0 Å². The van der Waals surface area contributed by atoms with Crippen LogP contribution in [0.3, 0.4) is 0 Å².